The first-order valence-corrected chi connectivity index (χ1v) is 1.54. The molecular formula is HF2NNaS. The van der Waals surface area contributed by atoms with Crippen LogP contribution in [-0.2, 0) is 11.5 Å². The fourth-order valence-corrected chi connectivity index (χ4v) is 0. The number of hydrogen-bond donors (Lipinski definition) is 1. The Bertz CT molecular complexity index is 32.6. The minimum absolute atomic E-state index is 0. The molecule has 5 heteroatoms. The second-order valence-corrected chi connectivity index (χ2v) is 0.638. The van der Waals surface area contributed by atoms with Gasteiger partial charge in [0, 0.05) is 29.6 Å². The SMILES string of the molecule is N=S(F)F.[Na]. The van der Waals surface area contributed by atoms with Crippen molar-refractivity contribution in [2.24, 2.45) is 0 Å². The molecule has 0 aliphatic heterocycles. The molecule has 0 saturated heterocycles. The van der Waals surface area contributed by atoms with E-state index in [0.717, 1.165) is 0 Å². The van der Waals surface area contributed by atoms with Gasteiger partial charge in [0.2, 0.25) is 0 Å². The second kappa shape index (κ2) is 5.01. The molecule has 1 radical (unpaired) electrons. The van der Waals surface area contributed by atoms with Crippen LogP contribution in [0.1, 0.15) is 0 Å². The smallest absolute Gasteiger partial charge is 0.222 e. The topological polar surface area (TPSA) is 23.9 Å². The summed E-state index contributed by atoms with van der Waals surface area (Å²) < 4.78 is 25.3. The van der Waals surface area contributed by atoms with Gasteiger partial charge >= 0.3 is 0 Å². The zero-order valence-electron chi connectivity index (χ0n) is 2.66. The Morgan fingerprint density at radius 3 is 1.40 bits per heavy atom. The van der Waals surface area contributed by atoms with Crippen molar-refractivity contribution in [3.8, 4) is 0 Å². The first-order valence-electron chi connectivity index (χ1n) is 0.513. The molecule has 0 bridgehead atoms. The van der Waals surface area contributed by atoms with Gasteiger partial charge in [0.05, 0.1) is 0 Å². The Morgan fingerprint density at radius 1 is 1.40 bits per heavy atom. The Balaban J connectivity index is 0. The van der Waals surface area contributed by atoms with Crippen molar-refractivity contribution in [2.45, 2.75) is 0 Å². The van der Waals surface area contributed by atoms with Crippen LogP contribution in [0.25, 0.3) is 0 Å². The summed E-state index contributed by atoms with van der Waals surface area (Å²) in [5.74, 6) is 0. The second-order valence-electron chi connectivity index (χ2n) is 0.213. The molecular weight excluding hydrogens is 107 g/mol. The average molecular weight is 108 g/mol. The van der Waals surface area contributed by atoms with E-state index in [1.807, 2.05) is 0 Å². The Labute approximate surface area is 53.5 Å². The molecule has 0 rings (SSSR count). The van der Waals surface area contributed by atoms with Gasteiger partial charge in [0.1, 0.15) is 0 Å². The minimum Gasteiger partial charge on any atom is -0.222 e. The summed E-state index contributed by atoms with van der Waals surface area (Å²) in [4.78, 5) is 0. The molecule has 0 aromatic heterocycles. The van der Waals surface area contributed by atoms with E-state index in [2.05, 4.69) is 0 Å². The number of nitrogens with one attached hydrogen (secondary N) is 1. The maximum atomic E-state index is 10.0. The van der Waals surface area contributed by atoms with Crippen LogP contribution in [0.15, 0.2) is 0 Å². The number of rotatable bonds is 0. The number of halogens is 2. The first kappa shape index (κ1) is 9.38. The van der Waals surface area contributed by atoms with Crippen LogP contribution in [0.2, 0.25) is 0 Å². The molecule has 27 valence electrons. The van der Waals surface area contributed by atoms with Gasteiger partial charge in [-0.3, -0.25) is 0 Å². The van der Waals surface area contributed by atoms with Gasteiger partial charge in [-0.15, -0.1) is 7.77 Å². The summed E-state index contributed by atoms with van der Waals surface area (Å²) in [5, 5.41) is 0. The molecule has 1 nitrogen and oxygen atoms in total. The van der Waals surface area contributed by atoms with Gasteiger partial charge in [-0.1, -0.05) is 0 Å². The van der Waals surface area contributed by atoms with E-state index in [4.69, 9.17) is 4.78 Å². The molecule has 0 heterocycles. The summed E-state index contributed by atoms with van der Waals surface area (Å²) in [6, 6.07) is 0. The Kier molecular flexibility index (Phi) is 9.40. The first-order chi connectivity index (χ1) is 1.73. The molecule has 5 heavy (non-hydrogen) atoms. The molecule has 0 atom stereocenters. The molecule has 0 amide bonds. The average Bonchev–Trinajstić information content (AvgIpc) is 0.811. The fourth-order valence-electron chi connectivity index (χ4n) is 0. The summed E-state index contributed by atoms with van der Waals surface area (Å²) in [6.07, 6.45) is 0. The standard InChI is InChI=1S/F2HNS.Na/c1-4(2)3;/h3H;. The summed E-state index contributed by atoms with van der Waals surface area (Å²) in [6.45, 7) is 0. The third kappa shape index (κ3) is 44.5. The van der Waals surface area contributed by atoms with Crippen LogP contribution < -0.4 is 0 Å². The predicted octanol–water partition coefficient (Wildman–Crippen LogP) is 0.755. The molecule has 0 aromatic rings. The van der Waals surface area contributed by atoms with Crippen molar-refractivity contribution in [1.82, 2.24) is 0 Å². The minimum atomic E-state index is -3.11. The van der Waals surface area contributed by atoms with Crippen LogP contribution in [0.4, 0.5) is 7.77 Å². The van der Waals surface area contributed by atoms with Crippen LogP contribution in [-0.4, -0.2) is 29.6 Å². The third-order valence-electron chi connectivity index (χ3n) is 0. The largest absolute Gasteiger partial charge is 0.258 e. The Hall–Kier alpha value is 1.01. The maximum absolute atomic E-state index is 10.0. The molecule has 1 N–H and O–H groups in total. The van der Waals surface area contributed by atoms with Crippen molar-refractivity contribution in [1.29, 1.82) is 4.78 Å². The van der Waals surface area contributed by atoms with Crippen LogP contribution in [0.3, 0.4) is 0 Å². The molecule has 0 saturated carbocycles. The van der Waals surface area contributed by atoms with E-state index in [9.17, 15) is 7.77 Å². The van der Waals surface area contributed by atoms with E-state index >= 15 is 0 Å². The molecule has 0 aromatic carbocycles. The van der Waals surface area contributed by atoms with E-state index in [1.165, 1.54) is 0 Å². The van der Waals surface area contributed by atoms with Crippen molar-refractivity contribution in [2.75, 3.05) is 0 Å². The predicted molar refractivity (Wildman–Crippen MR) is 18.1 cm³/mol. The molecule has 0 spiro atoms. The van der Waals surface area contributed by atoms with Crippen LogP contribution >= 0.6 is 0 Å². The zero-order chi connectivity index (χ0) is 3.58. The monoisotopic (exact) mass is 108 g/mol. The maximum Gasteiger partial charge on any atom is 0.258 e. The van der Waals surface area contributed by atoms with E-state index < -0.39 is 11.5 Å². The van der Waals surface area contributed by atoms with E-state index in [1.54, 1.807) is 0 Å². The van der Waals surface area contributed by atoms with E-state index in [0.29, 0.717) is 0 Å². The van der Waals surface area contributed by atoms with Crippen LogP contribution in [0.5, 0.6) is 0 Å². The van der Waals surface area contributed by atoms with Crippen molar-refractivity contribution in [3.05, 3.63) is 0 Å². The molecule has 0 fully saturated rings. The van der Waals surface area contributed by atoms with Crippen molar-refractivity contribution >= 4 is 41.0 Å². The van der Waals surface area contributed by atoms with Gasteiger partial charge in [0.15, 0.2) is 0 Å². The van der Waals surface area contributed by atoms with E-state index in [-0.39, 0.29) is 29.6 Å². The van der Waals surface area contributed by atoms with Gasteiger partial charge in [0.25, 0.3) is 11.5 Å². The summed E-state index contributed by atoms with van der Waals surface area (Å²) in [5.41, 5.74) is 0. The molecule has 0 aliphatic rings. The Morgan fingerprint density at radius 2 is 1.40 bits per heavy atom. The molecule has 0 unspecified atom stereocenters. The van der Waals surface area contributed by atoms with Gasteiger partial charge in [-0.05, 0) is 0 Å². The fraction of sp³-hybridized carbons (Fsp3) is 0. The van der Waals surface area contributed by atoms with Gasteiger partial charge < -0.3 is 0 Å². The van der Waals surface area contributed by atoms with Gasteiger partial charge in [-0.2, -0.15) is 0 Å². The zero-order valence-corrected chi connectivity index (χ0v) is 5.48. The molecule has 0 aliphatic carbocycles. The van der Waals surface area contributed by atoms with Gasteiger partial charge in [-0.25, -0.2) is 4.78 Å². The quantitative estimate of drug-likeness (QED) is 0.443. The third-order valence-corrected chi connectivity index (χ3v) is 0. The van der Waals surface area contributed by atoms with Crippen molar-refractivity contribution < 1.29 is 7.77 Å². The summed E-state index contributed by atoms with van der Waals surface area (Å²) >= 11 is -3.11. The number of hydrogen-bond acceptors (Lipinski definition) is 1. The van der Waals surface area contributed by atoms with Crippen molar-refractivity contribution in [3.63, 3.8) is 0 Å². The normalized spacial score (nSPS) is 7.00. The van der Waals surface area contributed by atoms with Crippen LogP contribution in [0, 0.1) is 4.78 Å². The summed E-state index contributed by atoms with van der Waals surface area (Å²) in [7, 11) is 0.